The second-order valence-corrected chi connectivity index (χ2v) is 7.72. The topological polar surface area (TPSA) is 79.0 Å². The first-order valence-electron chi connectivity index (χ1n) is 7.58. The van der Waals surface area contributed by atoms with Gasteiger partial charge in [-0.2, -0.15) is 0 Å². The summed E-state index contributed by atoms with van der Waals surface area (Å²) in [5.41, 5.74) is 2.63. The number of hydrogen-bond acceptors (Lipinski definition) is 3. The Balaban J connectivity index is 1.66. The molecule has 0 atom stereocenters. The molecule has 0 fully saturated rings. The number of aromatic nitrogens is 1. The van der Waals surface area contributed by atoms with Gasteiger partial charge in [0.25, 0.3) is 0 Å². The van der Waals surface area contributed by atoms with Gasteiger partial charge in [0.1, 0.15) is 0 Å². The van der Waals surface area contributed by atoms with Crippen molar-refractivity contribution in [3.8, 4) is 0 Å². The van der Waals surface area contributed by atoms with Gasteiger partial charge in [-0.05, 0) is 36.2 Å². The monoisotopic (exact) mass is 342 g/mol. The van der Waals surface area contributed by atoms with E-state index in [0.717, 1.165) is 22.7 Å². The van der Waals surface area contributed by atoms with E-state index in [-0.39, 0.29) is 10.8 Å². The summed E-state index contributed by atoms with van der Waals surface area (Å²) in [5, 5.41) is 3.87. The molecule has 0 aliphatic carbocycles. The molecule has 6 heteroatoms. The van der Waals surface area contributed by atoms with E-state index in [1.165, 1.54) is 12.1 Å². The summed E-state index contributed by atoms with van der Waals surface area (Å²) in [5.74, 6) is -0.147. The van der Waals surface area contributed by atoms with E-state index in [9.17, 15) is 13.2 Å². The van der Waals surface area contributed by atoms with Crippen molar-refractivity contribution in [2.45, 2.75) is 17.7 Å². The Morgan fingerprint density at radius 2 is 1.92 bits per heavy atom. The van der Waals surface area contributed by atoms with Gasteiger partial charge in [0.2, 0.25) is 5.91 Å². The maximum atomic E-state index is 12.1. The van der Waals surface area contributed by atoms with Gasteiger partial charge in [-0.3, -0.25) is 4.79 Å². The van der Waals surface area contributed by atoms with E-state index < -0.39 is 9.84 Å². The number of carbonyl (C=O) groups is 1. The summed E-state index contributed by atoms with van der Waals surface area (Å²) in [6.07, 6.45) is 4.00. The van der Waals surface area contributed by atoms with E-state index in [4.69, 9.17) is 0 Å². The number of amides is 1. The summed E-state index contributed by atoms with van der Waals surface area (Å²) in [7, 11) is -3.29. The predicted molar refractivity (Wildman–Crippen MR) is 94.8 cm³/mol. The van der Waals surface area contributed by atoms with Crippen LogP contribution in [0.2, 0.25) is 0 Å². The molecule has 24 heavy (non-hydrogen) atoms. The van der Waals surface area contributed by atoms with Crippen LogP contribution < -0.4 is 5.32 Å². The fraction of sp³-hybridized carbons (Fsp3) is 0.167. The van der Waals surface area contributed by atoms with Gasteiger partial charge >= 0.3 is 0 Å². The van der Waals surface area contributed by atoms with E-state index >= 15 is 0 Å². The van der Waals surface area contributed by atoms with Crippen molar-refractivity contribution in [2.24, 2.45) is 0 Å². The van der Waals surface area contributed by atoms with Gasteiger partial charge in [-0.15, -0.1) is 0 Å². The molecule has 0 bridgehead atoms. The Hall–Kier alpha value is -2.60. The Kier molecular flexibility index (Phi) is 4.40. The van der Waals surface area contributed by atoms with Crippen LogP contribution in [0.5, 0.6) is 0 Å². The Morgan fingerprint density at radius 1 is 1.12 bits per heavy atom. The second-order valence-electron chi connectivity index (χ2n) is 5.71. The van der Waals surface area contributed by atoms with Gasteiger partial charge in [-0.25, -0.2) is 8.42 Å². The van der Waals surface area contributed by atoms with Crippen LogP contribution in [0.1, 0.15) is 12.0 Å². The SMILES string of the molecule is CS(=O)(=O)c1cccc(NC(=O)CCc2c[nH]c3ccccc23)c1. The lowest BCUT2D eigenvalue weighted by molar-refractivity contribution is -0.116. The highest BCUT2D eigenvalue weighted by Crippen LogP contribution is 2.20. The number of carbonyl (C=O) groups excluding carboxylic acids is 1. The maximum Gasteiger partial charge on any atom is 0.224 e. The van der Waals surface area contributed by atoms with Crippen LogP contribution in [-0.4, -0.2) is 25.6 Å². The van der Waals surface area contributed by atoms with Crippen LogP contribution in [0.25, 0.3) is 10.9 Å². The van der Waals surface area contributed by atoms with Crippen molar-refractivity contribution in [3.63, 3.8) is 0 Å². The molecular formula is C18H18N2O3S. The van der Waals surface area contributed by atoms with Crippen LogP contribution >= 0.6 is 0 Å². The van der Waals surface area contributed by atoms with Crippen molar-refractivity contribution in [1.82, 2.24) is 4.98 Å². The van der Waals surface area contributed by atoms with Gasteiger partial charge in [0, 0.05) is 35.5 Å². The smallest absolute Gasteiger partial charge is 0.224 e. The third kappa shape index (κ3) is 3.65. The summed E-state index contributed by atoms with van der Waals surface area (Å²) in [6.45, 7) is 0. The molecule has 0 aliphatic heterocycles. The van der Waals surface area contributed by atoms with E-state index in [2.05, 4.69) is 10.3 Å². The molecule has 0 aliphatic rings. The minimum absolute atomic E-state index is 0.147. The number of fused-ring (bicyclic) bond motifs is 1. The maximum absolute atomic E-state index is 12.1. The lowest BCUT2D eigenvalue weighted by Gasteiger charge is -2.06. The van der Waals surface area contributed by atoms with E-state index in [0.29, 0.717) is 18.5 Å². The molecule has 0 saturated heterocycles. The highest BCUT2D eigenvalue weighted by Gasteiger charge is 2.10. The van der Waals surface area contributed by atoms with Gasteiger partial charge in [0.05, 0.1) is 4.90 Å². The summed E-state index contributed by atoms with van der Waals surface area (Å²) in [4.78, 5) is 15.5. The second kappa shape index (κ2) is 6.49. The minimum atomic E-state index is -3.29. The van der Waals surface area contributed by atoms with Crippen LogP contribution in [0.15, 0.2) is 59.6 Å². The fourth-order valence-corrected chi connectivity index (χ4v) is 3.28. The minimum Gasteiger partial charge on any atom is -0.361 e. The molecule has 2 aromatic carbocycles. The normalized spacial score (nSPS) is 11.5. The molecule has 5 nitrogen and oxygen atoms in total. The molecule has 1 heterocycles. The molecule has 0 unspecified atom stereocenters. The number of benzene rings is 2. The first kappa shape index (κ1) is 16.3. The number of aromatic amines is 1. The standard InChI is InChI=1S/C18H18N2O3S/c1-24(22,23)15-6-4-5-14(11-15)20-18(21)10-9-13-12-19-17-8-3-2-7-16(13)17/h2-8,11-12,19H,9-10H2,1H3,(H,20,21). The van der Waals surface area contributed by atoms with Crippen molar-refractivity contribution in [2.75, 3.05) is 11.6 Å². The zero-order chi connectivity index (χ0) is 17.2. The number of anilines is 1. The highest BCUT2D eigenvalue weighted by molar-refractivity contribution is 7.90. The first-order valence-corrected chi connectivity index (χ1v) is 9.47. The lowest BCUT2D eigenvalue weighted by atomic mass is 10.1. The number of H-pyrrole nitrogens is 1. The number of hydrogen-bond donors (Lipinski definition) is 2. The average molecular weight is 342 g/mol. The van der Waals surface area contributed by atoms with Crippen LogP contribution in [0.4, 0.5) is 5.69 Å². The van der Waals surface area contributed by atoms with E-state index in [1.807, 2.05) is 30.5 Å². The highest BCUT2D eigenvalue weighted by atomic mass is 32.2. The van der Waals surface area contributed by atoms with Crippen LogP contribution in [0.3, 0.4) is 0 Å². The van der Waals surface area contributed by atoms with Crippen molar-refractivity contribution in [3.05, 3.63) is 60.3 Å². The average Bonchev–Trinajstić information content (AvgIpc) is 2.96. The molecule has 0 radical (unpaired) electrons. The molecule has 3 rings (SSSR count). The van der Waals surface area contributed by atoms with Crippen molar-refractivity contribution < 1.29 is 13.2 Å². The number of sulfone groups is 1. The van der Waals surface area contributed by atoms with Gasteiger partial charge in [-0.1, -0.05) is 24.3 Å². The molecule has 2 N–H and O–H groups in total. The molecule has 124 valence electrons. The fourth-order valence-electron chi connectivity index (χ4n) is 2.61. The molecule has 1 aromatic heterocycles. The largest absolute Gasteiger partial charge is 0.361 e. The summed E-state index contributed by atoms with van der Waals surface area (Å²) < 4.78 is 23.1. The summed E-state index contributed by atoms with van der Waals surface area (Å²) in [6, 6.07) is 14.2. The van der Waals surface area contributed by atoms with Gasteiger partial charge in [0.15, 0.2) is 9.84 Å². The van der Waals surface area contributed by atoms with Gasteiger partial charge < -0.3 is 10.3 Å². The number of para-hydroxylation sites is 1. The third-order valence-corrected chi connectivity index (χ3v) is 4.95. The molecule has 0 spiro atoms. The predicted octanol–water partition coefficient (Wildman–Crippen LogP) is 3.14. The van der Waals surface area contributed by atoms with E-state index in [1.54, 1.807) is 12.1 Å². The van der Waals surface area contributed by atoms with Crippen LogP contribution in [0, 0.1) is 0 Å². The zero-order valence-electron chi connectivity index (χ0n) is 13.2. The third-order valence-electron chi connectivity index (χ3n) is 3.84. The quantitative estimate of drug-likeness (QED) is 0.747. The number of nitrogens with one attached hydrogen (secondary N) is 2. The first-order chi connectivity index (χ1) is 11.4. The number of rotatable bonds is 5. The lowest BCUT2D eigenvalue weighted by Crippen LogP contribution is -2.12. The molecule has 0 saturated carbocycles. The molecular weight excluding hydrogens is 324 g/mol. The Bertz CT molecular complexity index is 990. The molecule has 1 amide bonds. The Morgan fingerprint density at radius 3 is 2.71 bits per heavy atom. The zero-order valence-corrected chi connectivity index (χ0v) is 14.1. The van der Waals surface area contributed by atoms with Crippen molar-refractivity contribution >= 4 is 32.3 Å². The van der Waals surface area contributed by atoms with Crippen LogP contribution in [-0.2, 0) is 21.1 Å². The van der Waals surface area contributed by atoms with Crippen molar-refractivity contribution in [1.29, 1.82) is 0 Å². The number of aryl methyl sites for hydroxylation is 1. The summed E-state index contributed by atoms with van der Waals surface area (Å²) >= 11 is 0. The Labute approximate surface area is 140 Å². The molecule has 3 aromatic rings.